The van der Waals surface area contributed by atoms with E-state index in [1.165, 1.54) is 6.07 Å². The Bertz CT molecular complexity index is 686. The number of carboxylic acids is 1. The minimum absolute atomic E-state index is 0.118. The van der Waals surface area contributed by atoms with Gasteiger partial charge in [-0.15, -0.1) is 0 Å². The van der Waals surface area contributed by atoms with E-state index in [0.717, 1.165) is 5.56 Å². The molecule has 94 valence electrons. The van der Waals surface area contributed by atoms with Crippen LogP contribution in [0.1, 0.15) is 16.1 Å². The van der Waals surface area contributed by atoms with Gasteiger partial charge in [0.25, 0.3) is 5.91 Å². The van der Waals surface area contributed by atoms with Gasteiger partial charge < -0.3 is 15.3 Å². The number of hydrogen-bond donors (Lipinski definition) is 2. The molecule has 0 saturated heterocycles. The van der Waals surface area contributed by atoms with Gasteiger partial charge in [-0.25, -0.2) is 4.79 Å². The molecule has 0 aliphatic rings. The van der Waals surface area contributed by atoms with Crippen molar-refractivity contribution >= 4 is 11.9 Å². The highest BCUT2D eigenvalue weighted by Crippen LogP contribution is 2.22. The standard InChI is InChI=1S/C14H9NO4/c15-13(16)8-3-9-1-4-10(5-2-9)11-6-7-12(19-11)14(17)18/h1-2,4-7H,(H2,15,16)(H,17,18). The number of amides is 1. The quantitative estimate of drug-likeness (QED) is 0.795. The molecule has 0 unspecified atom stereocenters. The van der Waals surface area contributed by atoms with Crippen molar-refractivity contribution in [2.45, 2.75) is 0 Å². The molecule has 2 aromatic rings. The van der Waals surface area contributed by atoms with Crippen molar-refractivity contribution in [3.63, 3.8) is 0 Å². The Kier molecular flexibility index (Phi) is 3.35. The molecule has 0 aliphatic heterocycles. The van der Waals surface area contributed by atoms with Crippen LogP contribution in [0, 0.1) is 11.8 Å². The molecule has 2 rings (SSSR count). The zero-order valence-electron chi connectivity index (χ0n) is 9.71. The zero-order valence-corrected chi connectivity index (χ0v) is 9.71. The fourth-order valence-electron chi connectivity index (χ4n) is 1.46. The SMILES string of the molecule is NC(=O)C#Cc1ccc(-c2ccc(C(=O)O)o2)cc1. The third kappa shape index (κ3) is 3.01. The summed E-state index contributed by atoms with van der Waals surface area (Å²) in [5.41, 5.74) is 6.26. The lowest BCUT2D eigenvalue weighted by Crippen LogP contribution is -2.06. The number of carbonyl (C=O) groups excluding carboxylic acids is 1. The molecule has 5 heteroatoms. The van der Waals surface area contributed by atoms with Gasteiger partial charge in [-0.05, 0) is 30.2 Å². The maximum Gasteiger partial charge on any atom is 0.371 e. The first-order valence-electron chi connectivity index (χ1n) is 5.31. The topological polar surface area (TPSA) is 93.5 Å². The first kappa shape index (κ1) is 12.5. The Morgan fingerprint density at radius 3 is 2.32 bits per heavy atom. The smallest absolute Gasteiger partial charge is 0.371 e. The monoisotopic (exact) mass is 255 g/mol. The molecule has 0 aliphatic carbocycles. The van der Waals surface area contributed by atoms with Crippen LogP contribution in [-0.4, -0.2) is 17.0 Å². The van der Waals surface area contributed by atoms with E-state index >= 15 is 0 Å². The van der Waals surface area contributed by atoms with Crippen molar-refractivity contribution in [1.29, 1.82) is 0 Å². The predicted octanol–water partition coefficient (Wildman–Crippen LogP) is 1.48. The summed E-state index contributed by atoms with van der Waals surface area (Å²) in [6.07, 6.45) is 0. The van der Waals surface area contributed by atoms with E-state index in [9.17, 15) is 9.59 Å². The summed E-state index contributed by atoms with van der Waals surface area (Å²) in [5, 5.41) is 8.76. The Balaban J connectivity index is 2.25. The van der Waals surface area contributed by atoms with Gasteiger partial charge in [-0.1, -0.05) is 18.1 Å². The van der Waals surface area contributed by atoms with E-state index in [1.54, 1.807) is 30.3 Å². The van der Waals surface area contributed by atoms with Crippen molar-refractivity contribution < 1.29 is 19.1 Å². The maximum absolute atomic E-state index is 10.7. The molecule has 0 atom stereocenters. The van der Waals surface area contributed by atoms with Gasteiger partial charge in [0, 0.05) is 11.1 Å². The number of benzene rings is 1. The number of carbonyl (C=O) groups is 2. The summed E-state index contributed by atoms with van der Waals surface area (Å²) in [6, 6.07) is 9.78. The minimum atomic E-state index is -1.12. The predicted molar refractivity (Wildman–Crippen MR) is 67.2 cm³/mol. The maximum atomic E-state index is 10.7. The van der Waals surface area contributed by atoms with E-state index in [-0.39, 0.29) is 5.76 Å². The van der Waals surface area contributed by atoms with Crippen LogP contribution in [-0.2, 0) is 4.79 Å². The van der Waals surface area contributed by atoms with Gasteiger partial charge in [0.05, 0.1) is 0 Å². The minimum Gasteiger partial charge on any atom is -0.475 e. The van der Waals surface area contributed by atoms with Gasteiger partial charge in [0.2, 0.25) is 5.76 Å². The number of aromatic carboxylic acids is 1. The van der Waals surface area contributed by atoms with Crippen LogP contribution >= 0.6 is 0 Å². The van der Waals surface area contributed by atoms with Gasteiger partial charge in [-0.3, -0.25) is 4.79 Å². The largest absolute Gasteiger partial charge is 0.475 e. The second kappa shape index (κ2) is 5.10. The Labute approximate surface area is 108 Å². The molecule has 1 amide bonds. The van der Waals surface area contributed by atoms with Crippen LogP contribution in [0.2, 0.25) is 0 Å². The number of rotatable bonds is 2. The van der Waals surface area contributed by atoms with E-state index in [2.05, 4.69) is 11.8 Å². The fourth-order valence-corrected chi connectivity index (χ4v) is 1.46. The van der Waals surface area contributed by atoms with Crippen molar-refractivity contribution in [2.24, 2.45) is 5.73 Å². The van der Waals surface area contributed by atoms with Crippen LogP contribution in [0.15, 0.2) is 40.8 Å². The average Bonchev–Trinajstić information content (AvgIpc) is 2.86. The second-order valence-electron chi connectivity index (χ2n) is 3.66. The van der Waals surface area contributed by atoms with E-state index in [0.29, 0.717) is 11.3 Å². The molecule has 1 heterocycles. The van der Waals surface area contributed by atoms with Crippen molar-refractivity contribution in [3.8, 4) is 23.2 Å². The Morgan fingerprint density at radius 1 is 1.11 bits per heavy atom. The second-order valence-corrected chi connectivity index (χ2v) is 3.66. The number of nitrogens with two attached hydrogens (primary N) is 1. The molecule has 19 heavy (non-hydrogen) atoms. The Hall–Kier alpha value is -3.00. The number of primary amides is 1. The molecule has 0 fully saturated rings. The average molecular weight is 255 g/mol. The summed E-state index contributed by atoms with van der Waals surface area (Å²) in [5.74, 6) is 3.35. The molecule has 3 N–H and O–H groups in total. The molecule has 5 nitrogen and oxygen atoms in total. The molecule has 0 spiro atoms. The van der Waals surface area contributed by atoms with Gasteiger partial charge in [0.15, 0.2) is 0 Å². The number of furan rings is 1. The van der Waals surface area contributed by atoms with Crippen molar-refractivity contribution in [2.75, 3.05) is 0 Å². The van der Waals surface area contributed by atoms with Crippen LogP contribution in [0.25, 0.3) is 11.3 Å². The third-order valence-electron chi connectivity index (χ3n) is 2.32. The lowest BCUT2D eigenvalue weighted by molar-refractivity contribution is -0.112. The summed E-state index contributed by atoms with van der Waals surface area (Å²) in [4.78, 5) is 21.2. The van der Waals surface area contributed by atoms with Crippen LogP contribution < -0.4 is 5.73 Å². The molecular formula is C14H9NO4. The summed E-state index contributed by atoms with van der Waals surface area (Å²) in [7, 11) is 0. The summed E-state index contributed by atoms with van der Waals surface area (Å²) >= 11 is 0. The van der Waals surface area contributed by atoms with Crippen LogP contribution in [0.3, 0.4) is 0 Å². The van der Waals surface area contributed by atoms with E-state index in [4.69, 9.17) is 15.3 Å². The van der Waals surface area contributed by atoms with Crippen molar-refractivity contribution in [3.05, 3.63) is 47.7 Å². The number of carboxylic acid groups (broad SMARTS) is 1. The molecule has 0 saturated carbocycles. The lowest BCUT2D eigenvalue weighted by atomic mass is 10.1. The highest BCUT2D eigenvalue weighted by molar-refractivity contribution is 5.92. The molecule has 1 aromatic heterocycles. The first-order chi connectivity index (χ1) is 9.06. The van der Waals surface area contributed by atoms with E-state index < -0.39 is 11.9 Å². The third-order valence-corrected chi connectivity index (χ3v) is 2.32. The first-order valence-corrected chi connectivity index (χ1v) is 5.31. The zero-order chi connectivity index (χ0) is 13.8. The van der Waals surface area contributed by atoms with Gasteiger partial charge in [0.1, 0.15) is 5.76 Å². The van der Waals surface area contributed by atoms with Gasteiger partial charge >= 0.3 is 5.97 Å². The normalized spacial score (nSPS) is 9.47. The van der Waals surface area contributed by atoms with Crippen LogP contribution in [0.5, 0.6) is 0 Å². The highest BCUT2D eigenvalue weighted by Gasteiger charge is 2.09. The fraction of sp³-hybridized carbons (Fsp3) is 0. The highest BCUT2D eigenvalue weighted by atomic mass is 16.4. The Morgan fingerprint density at radius 2 is 1.79 bits per heavy atom. The lowest BCUT2D eigenvalue weighted by Gasteiger charge is -1.96. The van der Waals surface area contributed by atoms with Gasteiger partial charge in [-0.2, -0.15) is 0 Å². The summed E-state index contributed by atoms with van der Waals surface area (Å²) in [6.45, 7) is 0. The number of hydrogen-bond acceptors (Lipinski definition) is 3. The van der Waals surface area contributed by atoms with E-state index in [1.807, 2.05) is 0 Å². The van der Waals surface area contributed by atoms with Crippen LogP contribution in [0.4, 0.5) is 0 Å². The molecule has 1 aromatic carbocycles. The molecule has 0 bridgehead atoms. The molecular weight excluding hydrogens is 246 g/mol. The molecule has 0 radical (unpaired) electrons. The summed E-state index contributed by atoms with van der Waals surface area (Å²) < 4.78 is 5.16. The van der Waals surface area contributed by atoms with Crippen molar-refractivity contribution in [1.82, 2.24) is 0 Å².